The zero-order chi connectivity index (χ0) is 12.4. The van der Waals surface area contributed by atoms with Crippen LogP contribution in [0, 0.1) is 0 Å². The third-order valence-corrected chi connectivity index (χ3v) is 3.12. The summed E-state index contributed by atoms with van der Waals surface area (Å²) in [6.45, 7) is 5.44. The number of nitrogens with zero attached hydrogens (tertiary/aromatic N) is 2. The number of hydrogen-bond donors (Lipinski definition) is 1. The van der Waals surface area contributed by atoms with Gasteiger partial charge in [-0.25, -0.2) is 4.98 Å². The van der Waals surface area contributed by atoms with Gasteiger partial charge in [-0.15, -0.1) is 0 Å². The molecule has 0 radical (unpaired) electrons. The number of ether oxygens (including phenoxy) is 1. The van der Waals surface area contributed by atoms with Gasteiger partial charge in [0, 0.05) is 11.1 Å². The molecule has 0 saturated heterocycles. The lowest BCUT2D eigenvalue weighted by Crippen LogP contribution is -2.17. The number of fused-ring (bicyclic) bond motifs is 1. The third-order valence-electron chi connectivity index (χ3n) is 2.63. The second kappa shape index (κ2) is 5.06. The monoisotopic (exact) mass is 297 g/mol. The number of nitrogens with two attached hydrogens (primary N) is 1. The van der Waals surface area contributed by atoms with Gasteiger partial charge in [-0.3, -0.25) is 0 Å². The van der Waals surface area contributed by atoms with Crippen molar-refractivity contribution in [1.29, 1.82) is 0 Å². The van der Waals surface area contributed by atoms with Crippen LogP contribution < -0.4 is 5.73 Å². The second-order valence-electron chi connectivity index (χ2n) is 3.98. The molecule has 17 heavy (non-hydrogen) atoms. The summed E-state index contributed by atoms with van der Waals surface area (Å²) in [5.74, 6) is 0.532. The predicted octanol–water partition coefficient (Wildman–Crippen LogP) is 2.81. The molecule has 0 aliphatic carbocycles. The summed E-state index contributed by atoms with van der Waals surface area (Å²) in [6.07, 6.45) is 0.124. The van der Waals surface area contributed by atoms with Crippen LogP contribution in [0.25, 0.3) is 11.0 Å². The molecule has 0 spiro atoms. The van der Waals surface area contributed by atoms with E-state index in [2.05, 4.69) is 20.9 Å². The number of imidazole rings is 1. The van der Waals surface area contributed by atoms with Gasteiger partial charge in [0.05, 0.1) is 23.7 Å². The van der Waals surface area contributed by atoms with E-state index >= 15 is 0 Å². The molecule has 1 unspecified atom stereocenters. The molecule has 4 nitrogen and oxygen atoms in total. The maximum atomic E-state index is 5.93. The maximum absolute atomic E-state index is 5.93. The molecule has 0 aliphatic heterocycles. The highest BCUT2D eigenvalue weighted by Crippen LogP contribution is 2.22. The Bertz CT molecular complexity index is 524. The van der Waals surface area contributed by atoms with E-state index in [1.165, 1.54) is 0 Å². The van der Waals surface area contributed by atoms with Crippen LogP contribution in [0.15, 0.2) is 22.7 Å². The number of anilines is 1. The summed E-state index contributed by atoms with van der Waals surface area (Å²) < 4.78 is 8.54. The second-order valence-corrected chi connectivity index (χ2v) is 4.90. The fourth-order valence-electron chi connectivity index (χ4n) is 1.90. The Morgan fingerprint density at radius 3 is 3.00 bits per heavy atom. The van der Waals surface area contributed by atoms with Gasteiger partial charge in [-0.1, -0.05) is 15.9 Å². The highest BCUT2D eigenvalue weighted by atomic mass is 79.9. The minimum Gasteiger partial charge on any atom is -0.377 e. The molecular formula is C12H16BrN3O. The number of rotatable bonds is 4. The molecular weight excluding hydrogens is 282 g/mol. The lowest BCUT2D eigenvalue weighted by molar-refractivity contribution is 0.0652. The summed E-state index contributed by atoms with van der Waals surface area (Å²) in [6, 6.07) is 5.94. The molecule has 1 heterocycles. The average Bonchev–Trinajstić information content (AvgIpc) is 2.56. The summed E-state index contributed by atoms with van der Waals surface area (Å²) in [5, 5.41) is 0. The van der Waals surface area contributed by atoms with E-state index in [0.717, 1.165) is 15.5 Å². The quantitative estimate of drug-likeness (QED) is 0.944. The Morgan fingerprint density at radius 1 is 1.53 bits per heavy atom. The fourth-order valence-corrected chi connectivity index (χ4v) is 2.25. The smallest absolute Gasteiger partial charge is 0.201 e. The highest BCUT2D eigenvalue weighted by molar-refractivity contribution is 9.10. The van der Waals surface area contributed by atoms with Crippen molar-refractivity contribution in [3.8, 4) is 0 Å². The van der Waals surface area contributed by atoms with Gasteiger partial charge in [0.2, 0.25) is 5.95 Å². The Labute approximate surface area is 109 Å². The van der Waals surface area contributed by atoms with Gasteiger partial charge >= 0.3 is 0 Å². The molecule has 0 aliphatic rings. The number of hydrogen-bond acceptors (Lipinski definition) is 3. The molecule has 0 amide bonds. The zero-order valence-corrected chi connectivity index (χ0v) is 11.6. The third kappa shape index (κ3) is 2.61. The van der Waals surface area contributed by atoms with E-state index in [1.807, 2.05) is 36.6 Å². The lowest BCUT2D eigenvalue weighted by atomic mass is 10.3. The number of benzene rings is 1. The minimum absolute atomic E-state index is 0.124. The van der Waals surface area contributed by atoms with Crippen molar-refractivity contribution in [1.82, 2.24) is 9.55 Å². The van der Waals surface area contributed by atoms with Crippen LogP contribution in [0.5, 0.6) is 0 Å². The van der Waals surface area contributed by atoms with Crippen LogP contribution in [-0.2, 0) is 11.3 Å². The molecule has 1 aromatic heterocycles. The van der Waals surface area contributed by atoms with E-state index in [-0.39, 0.29) is 6.10 Å². The van der Waals surface area contributed by atoms with Crippen LogP contribution >= 0.6 is 15.9 Å². The van der Waals surface area contributed by atoms with Crippen molar-refractivity contribution in [3.63, 3.8) is 0 Å². The summed E-state index contributed by atoms with van der Waals surface area (Å²) in [7, 11) is 0. The van der Waals surface area contributed by atoms with E-state index in [1.54, 1.807) is 0 Å². The van der Waals surface area contributed by atoms with Gasteiger partial charge < -0.3 is 15.0 Å². The Hall–Kier alpha value is -1.07. The summed E-state index contributed by atoms with van der Waals surface area (Å²) in [4.78, 5) is 4.33. The first-order chi connectivity index (χ1) is 8.11. The average molecular weight is 298 g/mol. The molecule has 2 N–H and O–H groups in total. The molecule has 1 atom stereocenters. The van der Waals surface area contributed by atoms with E-state index < -0.39 is 0 Å². The first kappa shape index (κ1) is 12.4. The largest absolute Gasteiger partial charge is 0.377 e. The SMILES string of the molecule is CCOC(C)Cn1c(N)nc2ccc(Br)cc21. The molecule has 2 rings (SSSR count). The Morgan fingerprint density at radius 2 is 2.29 bits per heavy atom. The van der Waals surface area contributed by atoms with Crippen LogP contribution in [-0.4, -0.2) is 22.3 Å². The van der Waals surface area contributed by atoms with Crippen molar-refractivity contribution in [3.05, 3.63) is 22.7 Å². The molecule has 0 bridgehead atoms. The van der Waals surface area contributed by atoms with Gasteiger partial charge in [-0.05, 0) is 32.0 Å². The van der Waals surface area contributed by atoms with Crippen molar-refractivity contribution < 1.29 is 4.74 Å². The van der Waals surface area contributed by atoms with E-state index in [4.69, 9.17) is 10.5 Å². The fraction of sp³-hybridized carbons (Fsp3) is 0.417. The van der Waals surface area contributed by atoms with Crippen molar-refractivity contribution in [2.24, 2.45) is 0 Å². The molecule has 2 aromatic rings. The number of halogens is 1. The summed E-state index contributed by atoms with van der Waals surface area (Å²) in [5.41, 5.74) is 7.87. The van der Waals surface area contributed by atoms with Gasteiger partial charge in [0.15, 0.2) is 0 Å². The topological polar surface area (TPSA) is 53.1 Å². The molecule has 0 saturated carbocycles. The molecule has 0 fully saturated rings. The normalized spacial score (nSPS) is 13.1. The van der Waals surface area contributed by atoms with Crippen molar-refractivity contribution >= 4 is 32.9 Å². The number of nitrogen functional groups attached to an aromatic ring is 1. The Balaban J connectivity index is 2.38. The minimum atomic E-state index is 0.124. The summed E-state index contributed by atoms with van der Waals surface area (Å²) >= 11 is 3.46. The first-order valence-corrected chi connectivity index (χ1v) is 6.44. The number of aromatic nitrogens is 2. The van der Waals surface area contributed by atoms with Gasteiger partial charge in [0.25, 0.3) is 0 Å². The van der Waals surface area contributed by atoms with E-state index in [0.29, 0.717) is 19.1 Å². The van der Waals surface area contributed by atoms with Crippen LogP contribution in [0.3, 0.4) is 0 Å². The molecule has 92 valence electrons. The van der Waals surface area contributed by atoms with Gasteiger partial charge in [0.1, 0.15) is 0 Å². The van der Waals surface area contributed by atoms with Crippen molar-refractivity contribution in [2.45, 2.75) is 26.5 Å². The Kier molecular flexibility index (Phi) is 3.69. The first-order valence-electron chi connectivity index (χ1n) is 5.64. The van der Waals surface area contributed by atoms with Crippen LogP contribution in [0.4, 0.5) is 5.95 Å². The zero-order valence-electron chi connectivity index (χ0n) is 9.98. The highest BCUT2D eigenvalue weighted by Gasteiger charge is 2.11. The van der Waals surface area contributed by atoms with Crippen LogP contribution in [0.1, 0.15) is 13.8 Å². The molecule has 5 heteroatoms. The van der Waals surface area contributed by atoms with Crippen LogP contribution in [0.2, 0.25) is 0 Å². The van der Waals surface area contributed by atoms with Gasteiger partial charge in [-0.2, -0.15) is 0 Å². The standard InChI is InChI=1S/C12H16BrN3O/c1-3-17-8(2)7-16-11-6-9(13)4-5-10(11)15-12(16)14/h4-6,8H,3,7H2,1-2H3,(H2,14,15). The molecule has 1 aromatic carbocycles. The predicted molar refractivity (Wildman–Crippen MR) is 72.9 cm³/mol. The van der Waals surface area contributed by atoms with Crippen molar-refractivity contribution in [2.75, 3.05) is 12.3 Å². The maximum Gasteiger partial charge on any atom is 0.201 e. The lowest BCUT2D eigenvalue weighted by Gasteiger charge is -2.14. The van der Waals surface area contributed by atoms with E-state index in [9.17, 15) is 0 Å².